The first-order chi connectivity index (χ1) is 4.83. The maximum Gasteiger partial charge on any atom is 0.0763 e. The average Bonchev–Trinajstić information content (AvgIpc) is 2.40. The zero-order valence-electron chi connectivity index (χ0n) is 6.09. The number of rotatable bonds is 3. The van der Waals surface area contributed by atoms with E-state index in [1.807, 2.05) is 0 Å². The van der Waals surface area contributed by atoms with Gasteiger partial charge in [-0.1, -0.05) is 15.9 Å². The number of alkyl halides is 1. The van der Waals surface area contributed by atoms with Gasteiger partial charge < -0.3 is 10.0 Å². The number of aliphatic hydroxyl groups excluding tert-OH is 1. The summed E-state index contributed by atoms with van der Waals surface area (Å²) < 4.78 is 0. The van der Waals surface area contributed by atoms with Crippen LogP contribution in [0.15, 0.2) is 0 Å². The van der Waals surface area contributed by atoms with Gasteiger partial charge in [-0.3, -0.25) is 0 Å². The molecule has 0 aromatic heterocycles. The normalized spacial score (nSPS) is 23.4. The highest BCUT2D eigenvalue weighted by atomic mass is 79.9. The van der Waals surface area contributed by atoms with E-state index < -0.39 is 0 Å². The summed E-state index contributed by atoms with van der Waals surface area (Å²) in [6, 6.07) is 0. The van der Waals surface area contributed by atoms with Crippen LogP contribution in [-0.4, -0.2) is 41.1 Å². The first kappa shape index (κ1) is 8.50. The number of likely N-dealkylation sites (tertiary alicyclic amines) is 1. The van der Waals surface area contributed by atoms with Crippen molar-refractivity contribution < 1.29 is 5.11 Å². The monoisotopic (exact) mass is 207 g/mol. The van der Waals surface area contributed by atoms with Crippen molar-refractivity contribution in [3.8, 4) is 0 Å². The predicted octanol–water partition coefficient (Wildman–Crippen LogP) is 0.838. The molecule has 1 aliphatic heterocycles. The first-order valence-corrected chi connectivity index (χ1v) is 4.91. The Morgan fingerprint density at radius 1 is 1.40 bits per heavy atom. The molecule has 0 aromatic rings. The van der Waals surface area contributed by atoms with Crippen LogP contribution in [0.2, 0.25) is 0 Å². The van der Waals surface area contributed by atoms with Crippen LogP contribution in [0.4, 0.5) is 0 Å². The van der Waals surface area contributed by atoms with Crippen LogP contribution in [-0.2, 0) is 0 Å². The summed E-state index contributed by atoms with van der Waals surface area (Å²) in [6.45, 7) is 3.18. The van der Waals surface area contributed by atoms with Crippen LogP contribution in [0.3, 0.4) is 0 Å². The minimum Gasteiger partial charge on any atom is -0.391 e. The summed E-state index contributed by atoms with van der Waals surface area (Å²) in [6.07, 6.45) is 2.42. The van der Waals surface area contributed by atoms with Gasteiger partial charge in [0.1, 0.15) is 0 Å². The van der Waals surface area contributed by atoms with E-state index >= 15 is 0 Å². The molecule has 0 saturated carbocycles. The lowest BCUT2D eigenvalue weighted by atomic mass is 10.4. The van der Waals surface area contributed by atoms with E-state index in [-0.39, 0.29) is 6.10 Å². The molecule has 0 bridgehead atoms. The highest BCUT2D eigenvalue weighted by Crippen LogP contribution is 2.07. The Morgan fingerprint density at radius 3 is 2.50 bits per heavy atom. The Morgan fingerprint density at radius 2 is 2.00 bits per heavy atom. The van der Waals surface area contributed by atoms with Gasteiger partial charge in [-0.15, -0.1) is 0 Å². The summed E-state index contributed by atoms with van der Waals surface area (Å²) in [7, 11) is 0. The highest BCUT2D eigenvalue weighted by molar-refractivity contribution is 9.09. The summed E-state index contributed by atoms with van der Waals surface area (Å²) >= 11 is 3.25. The topological polar surface area (TPSA) is 23.5 Å². The van der Waals surface area contributed by atoms with Gasteiger partial charge in [0, 0.05) is 11.9 Å². The Kier molecular flexibility index (Phi) is 3.66. The molecule has 1 aliphatic rings. The fourth-order valence-corrected chi connectivity index (χ4v) is 1.52. The third-order valence-electron chi connectivity index (χ3n) is 1.85. The van der Waals surface area contributed by atoms with E-state index in [0.717, 1.165) is 6.54 Å². The van der Waals surface area contributed by atoms with Gasteiger partial charge in [0.2, 0.25) is 0 Å². The third kappa shape index (κ3) is 2.56. The molecular weight excluding hydrogens is 194 g/mol. The molecule has 1 rings (SSSR count). The van der Waals surface area contributed by atoms with Crippen LogP contribution >= 0.6 is 15.9 Å². The number of hydrogen-bond donors (Lipinski definition) is 1. The van der Waals surface area contributed by atoms with Crippen molar-refractivity contribution in [3.05, 3.63) is 0 Å². The molecular formula is C7H14BrNO. The van der Waals surface area contributed by atoms with Crippen LogP contribution < -0.4 is 0 Å². The zero-order chi connectivity index (χ0) is 7.40. The van der Waals surface area contributed by atoms with Crippen LogP contribution in [0.1, 0.15) is 12.8 Å². The maximum absolute atomic E-state index is 9.23. The summed E-state index contributed by atoms with van der Waals surface area (Å²) in [5.74, 6) is 0. The first-order valence-electron chi connectivity index (χ1n) is 3.79. The molecule has 0 aromatic carbocycles. The van der Waals surface area contributed by atoms with Crippen molar-refractivity contribution in [2.45, 2.75) is 18.9 Å². The fraction of sp³-hybridized carbons (Fsp3) is 1.00. The van der Waals surface area contributed by atoms with Crippen LogP contribution in [0.5, 0.6) is 0 Å². The predicted molar refractivity (Wildman–Crippen MR) is 45.5 cm³/mol. The van der Waals surface area contributed by atoms with Crippen molar-refractivity contribution in [3.63, 3.8) is 0 Å². The molecule has 1 N–H and O–H groups in total. The molecule has 0 radical (unpaired) electrons. The lowest BCUT2D eigenvalue weighted by Gasteiger charge is -2.17. The largest absolute Gasteiger partial charge is 0.391 e. The average molecular weight is 208 g/mol. The van der Waals surface area contributed by atoms with Crippen molar-refractivity contribution in [2.24, 2.45) is 0 Å². The second-order valence-corrected chi connectivity index (χ2v) is 3.46. The van der Waals surface area contributed by atoms with Crippen LogP contribution in [0.25, 0.3) is 0 Å². The number of aliphatic hydroxyl groups is 1. The number of hydrogen-bond acceptors (Lipinski definition) is 2. The van der Waals surface area contributed by atoms with E-state index in [1.165, 1.54) is 25.9 Å². The molecule has 2 nitrogen and oxygen atoms in total. The lowest BCUT2D eigenvalue weighted by Crippen LogP contribution is -2.30. The summed E-state index contributed by atoms with van der Waals surface area (Å²) in [4.78, 5) is 2.31. The second-order valence-electron chi connectivity index (χ2n) is 2.82. The summed E-state index contributed by atoms with van der Waals surface area (Å²) in [5, 5.41) is 9.93. The molecule has 1 heterocycles. The van der Waals surface area contributed by atoms with E-state index in [0.29, 0.717) is 5.33 Å². The molecule has 1 fully saturated rings. The number of β-amino-alcohol motifs (C(OH)–C–C–N with tert-alkyl or cyclic N) is 1. The Bertz CT molecular complexity index is 93.6. The van der Waals surface area contributed by atoms with E-state index in [1.54, 1.807) is 0 Å². The Hall–Kier alpha value is 0.400. The van der Waals surface area contributed by atoms with Crippen molar-refractivity contribution in [1.82, 2.24) is 4.90 Å². The van der Waals surface area contributed by atoms with Gasteiger partial charge in [0.05, 0.1) is 6.10 Å². The molecule has 3 heteroatoms. The van der Waals surface area contributed by atoms with Gasteiger partial charge >= 0.3 is 0 Å². The molecule has 1 saturated heterocycles. The third-order valence-corrected chi connectivity index (χ3v) is 2.59. The molecule has 0 spiro atoms. The van der Waals surface area contributed by atoms with E-state index in [2.05, 4.69) is 20.8 Å². The van der Waals surface area contributed by atoms with Crippen molar-refractivity contribution in [2.75, 3.05) is 25.0 Å². The Labute approximate surface area is 70.3 Å². The fourth-order valence-electron chi connectivity index (χ4n) is 1.31. The van der Waals surface area contributed by atoms with Gasteiger partial charge in [0.25, 0.3) is 0 Å². The number of halogens is 1. The summed E-state index contributed by atoms with van der Waals surface area (Å²) in [5.41, 5.74) is 0. The molecule has 0 amide bonds. The molecule has 10 heavy (non-hydrogen) atoms. The number of nitrogens with zero attached hydrogens (tertiary/aromatic N) is 1. The van der Waals surface area contributed by atoms with E-state index in [9.17, 15) is 5.11 Å². The Balaban J connectivity index is 2.11. The second kappa shape index (κ2) is 4.31. The minimum absolute atomic E-state index is 0.182. The minimum atomic E-state index is -0.182. The molecule has 60 valence electrons. The van der Waals surface area contributed by atoms with Crippen LogP contribution in [0, 0.1) is 0 Å². The van der Waals surface area contributed by atoms with Gasteiger partial charge in [-0.05, 0) is 25.9 Å². The lowest BCUT2D eigenvalue weighted by molar-refractivity contribution is 0.145. The SMILES string of the molecule is OC(CBr)CN1CCCC1. The van der Waals surface area contributed by atoms with Gasteiger partial charge in [-0.2, -0.15) is 0 Å². The van der Waals surface area contributed by atoms with Gasteiger partial charge in [-0.25, -0.2) is 0 Å². The maximum atomic E-state index is 9.23. The molecule has 1 unspecified atom stereocenters. The highest BCUT2D eigenvalue weighted by Gasteiger charge is 2.14. The standard InChI is InChI=1S/C7H14BrNO/c8-5-7(10)6-9-3-1-2-4-9/h7,10H,1-6H2. The zero-order valence-corrected chi connectivity index (χ0v) is 7.68. The van der Waals surface area contributed by atoms with Crippen molar-refractivity contribution in [1.29, 1.82) is 0 Å². The van der Waals surface area contributed by atoms with Gasteiger partial charge in [0.15, 0.2) is 0 Å². The van der Waals surface area contributed by atoms with Crippen molar-refractivity contribution >= 4 is 15.9 Å². The smallest absolute Gasteiger partial charge is 0.0763 e. The molecule has 1 atom stereocenters. The molecule has 0 aliphatic carbocycles. The van der Waals surface area contributed by atoms with E-state index in [4.69, 9.17) is 0 Å². The quantitative estimate of drug-likeness (QED) is 0.694.